The lowest BCUT2D eigenvalue weighted by molar-refractivity contribution is 0.314. The van der Waals surface area contributed by atoms with Gasteiger partial charge in [-0.25, -0.2) is 0 Å². The van der Waals surface area contributed by atoms with E-state index >= 15 is 0 Å². The third-order valence-electron chi connectivity index (χ3n) is 5.70. The maximum absolute atomic E-state index is 4.01. The fourth-order valence-electron chi connectivity index (χ4n) is 4.91. The maximum Gasteiger partial charge on any atom is -0.00125 e. The van der Waals surface area contributed by atoms with E-state index in [2.05, 4.69) is 43.0 Å². The van der Waals surface area contributed by atoms with Crippen LogP contribution in [0.5, 0.6) is 0 Å². The SMILES string of the molecule is C=CCC1(C=C2CC3C=CC2C3)CC2C=CC1C2. The first kappa shape index (κ1) is 10.8. The van der Waals surface area contributed by atoms with Gasteiger partial charge in [0.25, 0.3) is 0 Å². The molecule has 0 heterocycles. The minimum atomic E-state index is 0.425. The van der Waals surface area contributed by atoms with Crippen LogP contribution in [0, 0.1) is 29.1 Å². The molecule has 4 aliphatic carbocycles. The van der Waals surface area contributed by atoms with Crippen LogP contribution in [0.2, 0.25) is 0 Å². The molecular weight excluding hydrogens is 216 g/mol. The number of allylic oxidation sites excluding steroid dienone is 7. The zero-order chi connectivity index (χ0) is 12.2. The fourth-order valence-corrected chi connectivity index (χ4v) is 4.91. The van der Waals surface area contributed by atoms with Crippen molar-refractivity contribution in [3.8, 4) is 0 Å². The van der Waals surface area contributed by atoms with Crippen molar-refractivity contribution < 1.29 is 0 Å². The Bertz CT molecular complexity index is 464. The zero-order valence-electron chi connectivity index (χ0n) is 11.0. The molecule has 0 N–H and O–H groups in total. The summed E-state index contributed by atoms with van der Waals surface area (Å²) >= 11 is 0. The molecule has 5 atom stereocenters. The third-order valence-corrected chi connectivity index (χ3v) is 5.70. The van der Waals surface area contributed by atoms with Gasteiger partial charge in [0.1, 0.15) is 0 Å². The van der Waals surface area contributed by atoms with Crippen LogP contribution in [0.1, 0.15) is 32.1 Å². The zero-order valence-corrected chi connectivity index (χ0v) is 11.0. The molecule has 0 saturated heterocycles. The quantitative estimate of drug-likeness (QED) is 0.627. The van der Waals surface area contributed by atoms with Gasteiger partial charge >= 0.3 is 0 Å². The predicted octanol–water partition coefficient (Wildman–Crippen LogP) is 4.67. The minimum Gasteiger partial charge on any atom is -0.103 e. The molecule has 0 nitrogen and oxygen atoms in total. The van der Waals surface area contributed by atoms with E-state index < -0.39 is 0 Å². The molecule has 18 heavy (non-hydrogen) atoms. The minimum absolute atomic E-state index is 0.425. The highest BCUT2D eigenvalue weighted by atomic mass is 14.5. The predicted molar refractivity (Wildman–Crippen MR) is 76.0 cm³/mol. The Balaban J connectivity index is 1.68. The van der Waals surface area contributed by atoms with Crippen molar-refractivity contribution in [2.75, 3.05) is 0 Å². The Labute approximate surface area is 110 Å². The highest BCUT2D eigenvalue weighted by molar-refractivity contribution is 5.32. The van der Waals surface area contributed by atoms with Crippen molar-refractivity contribution in [3.05, 3.63) is 48.6 Å². The van der Waals surface area contributed by atoms with Gasteiger partial charge < -0.3 is 0 Å². The number of rotatable bonds is 3. The third kappa shape index (κ3) is 1.44. The normalized spacial score (nSPS) is 49.7. The average molecular weight is 238 g/mol. The first-order valence-electron chi connectivity index (χ1n) is 7.48. The van der Waals surface area contributed by atoms with Gasteiger partial charge in [-0.05, 0) is 61.2 Å². The first-order chi connectivity index (χ1) is 8.79. The van der Waals surface area contributed by atoms with Crippen molar-refractivity contribution in [3.63, 3.8) is 0 Å². The molecule has 0 aromatic heterocycles. The summed E-state index contributed by atoms with van der Waals surface area (Å²) in [5.41, 5.74) is 2.17. The number of hydrogen-bond acceptors (Lipinski definition) is 0. The summed E-state index contributed by atoms with van der Waals surface area (Å²) in [5.74, 6) is 3.27. The molecule has 2 fully saturated rings. The molecule has 0 aromatic rings. The van der Waals surface area contributed by atoms with Gasteiger partial charge in [-0.1, -0.05) is 42.0 Å². The molecule has 0 amide bonds. The van der Waals surface area contributed by atoms with Gasteiger partial charge in [-0.2, -0.15) is 0 Å². The van der Waals surface area contributed by atoms with Crippen LogP contribution in [0.15, 0.2) is 48.6 Å². The molecule has 4 rings (SSSR count). The molecule has 5 unspecified atom stereocenters. The summed E-state index contributed by atoms with van der Waals surface area (Å²) < 4.78 is 0. The van der Waals surface area contributed by atoms with E-state index in [4.69, 9.17) is 0 Å². The van der Waals surface area contributed by atoms with E-state index in [0.717, 1.165) is 23.7 Å². The highest BCUT2D eigenvalue weighted by Crippen LogP contribution is 2.57. The second-order valence-electron chi connectivity index (χ2n) is 6.83. The van der Waals surface area contributed by atoms with Crippen molar-refractivity contribution in [1.29, 1.82) is 0 Å². The highest BCUT2D eigenvalue weighted by Gasteiger charge is 2.47. The van der Waals surface area contributed by atoms with Crippen molar-refractivity contribution in [2.24, 2.45) is 29.1 Å². The molecule has 4 bridgehead atoms. The second kappa shape index (κ2) is 3.73. The largest absolute Gasteiger partial charge is 0.103 e. The van der Waals surface area contributed by atoms with Gasteiger partial charge in [0.05, 0.1) is 0 Å². The molecule has 0 heteroatoms. The lowest BCUT2D eigenvalue weighted by atomic mass is 9.71. The number of hydrogen-bond donors (Lipinski definition) is 0. The summed E-state index contributed by atoms with van der Waals surface area (Å²) in [4.78, 5) is 0. The Hall–Kier alpha value is -1.04. The Morgan fingerprint density at radius 2 is 2.06 bits per heavy atom. The molecule has 0 spiro atoms. The standard InChI is InChI=1S/C18H22/c1-2-7-18(11-14-4-6-17(18)10-14)12-16-9-13-3-5-15(16)8-13/h2-6,12-15,17H,1,7-11H2. The van der Waals surface area contributed by atoms with Gasteiger partial charge in [-0.15, -0.1) is 6.58 Å². The van der Waals surface area contributed by atoms with Gasteiger partial charge in [0.15, 0.2) is 0 Å². The maximum atomic E-state index is 4.01. The Morgan fingerprint density at radius 1 is 1.17 bits per heavy atom. The van der Waals surface area contributed by atoms with Crippen LogP contribution in [0.4, 0.5) is 0 Å². The van der Waals surface area contributed by atoms with Gasteiger partial charge in [0.2, 0.25) is 0 Å². The van der Waals surface area contributed by atoms with Crippen LogP contribution in [-0.2, 0) is 0 Å². The molecule has 94 valence electrons. The van der Waals surface area contributed by atoms with E-state index in [1.54, 1.807) is 5.57 Å². The van der Waals surface area contributed by atoms with Crippen LogP contribution in [0.25, 0.3) is 0 Å². The summed E-state index contributed by atoms with van der Waals surface area (Å²) in [5, 5.41) is 0. The molecular formula is C18H22. The van der Waals surface area contributed by atoms with Gasteiger partial charge in [0, 0.05) is 0 Å². The first-order valence-corrected chi connectivity index (χ1v) is 7.48. The van der Waals surface area contributed by atoms with Crippen LogP contribution >= 0.6 is 0 Å². The van der Waals surface area contributed by atoms with Crippen LogP contribution < -0.4 is 0 Å². The van der Waals surface area contributed by atoms with E-state index in [1.807, 2.05) is 0 Å². The fraction of sp³-hybridized carbons (Fsp3) is 0.556. The van der Waals surface area contributed by atoms with Gasteiger partial charge in [-0.3, -0.25) is 0 Å². The molecule has 0 radical (unpaired) electrons. The lowest BCUT2D eigenvalue weighted by Gasteiger charge is -2.33. The number of fused-ring (bicyclic) bond motifs is 4. The summed E-state index contributed by atoms with van der Waals surface area (Å²) in [6.07, 6.45) is 21.3. The Morgan fingerprint density at radius 3 is 2.61 bits per heavy atom. The van der Waals surface area contributed by atoms with Crippen molar-refractivity contribution in [1.82, 2.24) is 0 Å². The van der Waals surface area contributed by atoms with E-state index in [0.29, 0.717) is 5.41 Å². The average Bonchev–Trinajstić information content (AvgIpc) is 3.07. The van der Waals surface area contributed by atoms with Crippen molar-refractivity contribution >= 4 is 0 Å². The van der Waals surface area contributed by atoms with Crippen molar-refractivity contribution in [2.45, 2.75) is 32.1 Å². The molecule has 4 aliphatic rings. The van der Waals surface area contributed by atoms with E-state index in [1.165, 1.54) is 32.1 Å². The lowest BCUT2D eigenvalue weighted by Crippen LogP contribution is -2.23. The van der Waals surface area contributed by atoms with Crippen LogP contribution in [0.3, 0.4) is 0 Å². The second-order valence-corrected chi connectivity index (χ2v) is 6.83. The van der Waals surface area contributed by atoms with Crippen LogP contribution in [-0.4, -0.2) is 0 Å². The molecule has 0 aromatic carbocycles. The molecule has 2 saturated carbocycles. The summed E-state index contributed by atoms with van der Waals surface area (Å²) in [7, 11) is 0. The molecule has 0 aliphatic heterocycles. The van der Waals surface area contributed by atoms with E-state index in [-0.39, 0.29) is 0 Å². The topological polar surface area (TPSA) is 0 Å². The summed E-state index contributed by atoms with van der Waals surface area (Å²) in [6.45, 7) is 4.01. The summed E-state index contributed by atoms with van der Waals surface area (Å²) in [6, 6.07) is 0. The smallest absolute Gasteiger partial charge is 0.00125 e. The van der Waals surface area contributed by atoms with E-state index in [9.17, 15) is 0 Å². The monoisotopic (exact) mass is 238 g/mol. The Kier molecular flexibility index (Phi) is 2.24.